The molecule has 1 saturated heterocycles. The van der Waals surface area contributed by atoms with E-state index < -0.39 is 0 Å². The SMILES string of the molecule is CN1CCOC(COc2ccc(Cl)cc2CN)C1. The first kappa shape index (κ1) is 13.6. The van der Waals surface area contributed by atoms with Gasteiger partial charge in [0.1, 0.15) is 18.5 Å². The largest absolute Gasteiger partial charge is 0.490 e. The molecule has 1 aliphatic heterocycles. The van der Waals surface area contributed by atoms with Crippen molar-refractivity contribution in [2.24, 2.45) is 5.73 Å². The maximum Gasteiger partial charge on any atom is 0.124 e. The molecule has 1 heterocycles. The Bertz CT molecular complexity index is 401. The van der Waals surface area contributed by atoms with Gasteiger partial charge >= 0.3 is 0 Å². The zero-order chi connectivity index (χ0) is 13.0. The molecule has 1 unspecified atom stereocenters. The maximum atomic E-state index is 5.92. The van der Waals surface area contributed by atoms with Gasteiger partial charge in [-0.05, 0) is 25.2 Å². The molecule has 1 fully saturated rings. The molecule has 0 bridgehead atoms. The number of morpholine rings is 1. The first-order chi connectivity index (χ1) is 8.69. The summed E-state index contributed by atoms with van der Waals surface area (Å²) in [6, 6.07) is 5.51. The lowest BCUT2D eigenvalue weighted by molar-refractivity contribution is -0.0404. The predicted molar refractivity (Wildman–Crippen MR) is 72.1 cm³/mol. The molecule has 4 nitrogen and oxygen atoms in total. The summed E-state index contributed by atoms with van der Waals surface area (Å²) < 4.78 is 11.4. The molecule has 0 radical (unpaired) electrons. The van der Waals surface area contributed by atoms with Gasteiger partial charge in [-0.2, -0.15) is 0 Å². The van der Waals surface area contributed by atoms with E-state index in [9.17, 15) is 0 Å². The number of ether oxygens (including phenoxy) is 2. The average Bonchev–Trinajstić information content (AvgIpc) is 2.37. The lowest BCUT2D eigenvalue weighted by Crippen LogP contribution is -2.42. The van der Waals surface area contributed by atoms with E-state index in [1.807, 2.05) is 18.2 Å². The maximum absolute atomic E-state index is 5.92. The molecule has 0 aliphatic carbocycles. The van der Waals surface area contributed by atoms with E-state index in [1.165, 1.54) is 0 Å². The van der Waals surface area contributed by atoms with E-state index in [1.54, 1.807) is 0 Å². The molecule has 1 aromatic rings. The number of hydrogen-bond acceptors (Lipinski definition) is 4. The Labute approximate surface area is 113 Å². The van der Waals surface area contributed by atoms with Gasteiger partial charge in [-0.3, -0.25) is 0 Å². The summed E-state index contributed by atoms with van der Waals surface area (Å²) in [6.45, 7) is 3.59. The van der Waals surface area contributed by atoms with Crippen LogP contribution in [0, 0.1) is 0 Å². The van der Waals surface area contributed by atoms with Gasteiger partial charge in [0.05, 0.1) is 6.61 Å². The van der Waals surface area contributed by atoms with Gasteiger partial charge in [0.2, 0.25) is 0 Å². The minimum atomic E-state index is 0.116. The minimum absolute atomic E-state index is 0.116. The van der Waals surface area contributed by atoms with Crippen LogP contribution in [0.25, 0.3) is 0 Å². The molecule has 1 aromatic carbocycles. The Kier molecular flexibility index (Phi) is 4.83. The first-order valence-electron chi connectivity index (χ1n) is 6.10. The molecule has 1 aliphatic rings. The molecule has 0 saturated carbocycles. The van der Waals surface area contributed by atoms with Gasteiger partial charge in [-0.25, -0.2) is 0 Å². The molecule has 2 rings (SSSR count). The van der Waals surface area contributed by atoms with Crippen LogP contribution >= 0.6 is 11.6 Å². The van der Waals surface area contributed by atoms with Crippen LogP contribution in [-0.4, -0.2) is 44.4 Å². The second-order valence-corrected chi connectivity index (χ2v) is 4.96. The van der Waals surface area contributed by atoms with Gasteiger partial charge in [0.25, 0.3) is 0 Å². The lowest BCUT2D eigenvalue weighted by Gasteiger charge is -2.30. The third-order valence-corrected chi connectivity index (χ3v) is 3.24. The fraction of sp³-hybridized carbons (Fsp3) is 0.538. The highest BCUT2D eigenvalue weighted by Crippen LogP contribution is 2.22. The van der Waals surface area contributed by atoms with Crippen molar-refractivity contribution < 1.29 is 9.47 Å². The smallest absolute Gasteiger partial charge is 0.124 e. The molecular weight excluding hydrogens is 252 g/mol. The molecule has 5 heteroatoms. The van der Waals surface area contributed by atoms with Crippen LogP contribution in [0.3, 0.4) is 0 Å². The van der Waals surface area contributed by atoms with Crippen molar-refractivity contribution >= 4 is 11.6 Å². The molecule has 0 amide bonds. The Morgan fingerprint density at radius 1 is 1.56 bits per heavy atom. The van der Waals surface area contributed by atoms with Crippen molar-refractivity contribution in [3.63, 3.8) is 0 Å². The number of halogens is 1. The molecule has 18 heavy (non-hydrogen) atoms. The van der Waals surface area contributed by atoms with Gasteiger partial charge < -0.3 is 20.1 Å². The van der Waals surface area contributed by atoms with Crippen molar-refractivity contribution in [1.29, 1.82) is 0 Å². The average molecular weight is 271 g/mol. The molecular formula is C13H19ClN2O2. The summed E-state index contributed by atoms with van der Waals surface area (Å²) in [5, 5.41) is 0.677. The van der Waals surface area contributed by atoms with Crippen LogP contribution in [0.15, 0.2) is 18.2 Å². The Hall–Kier alpha value is -0.810. The van der Waals surface area contributed by atoms with E-state index in [4.69, 9.17) is 26.8 Å². The molecule has 2 N–H and O–H groups in total. The zero-order valence-electron chi connectivity index (χ0n) is 10.6. The van der Waals surface area contributed by atoms with E-state index in [-0.39, 0.29) is 6.10 Å². The van der Waals surface area contributed by atoms with Crippen molar-refractivity contribution in [2.45, 2.75) is 12.6 Å². The highest BCUT2D eigenvalue weighted by molar-refractivity contribution is 6.30. The van der Waals surface area contributed by atoms with Crippen LogP contribution in [0.1, 0.15) is 5.56 Å². The topological polar surface area (TPSA) is 47.7 Å². The molecule has 100 valence electrons. The predicted octanol–water partition coefficient (Wildman–Crippen LogP) is 1.51. The quantitative estimate of drug-likeness (QED) is 0.901. The highest BCUT2D eigenvalue weighted by Gasteiger charge is 2.18. The summed E-state index contributed by atoms with van der Waals surface area (Å²) in [5.41, 5.74) is 6.60. The zero-order valence-corrected chi connectivity index (χ0v) is 11.3. The van der Waals surface area contributed by atoms with E-state index in [0.29, 0.717) is 18.2 Å². The van der Waals surface area contributed by atoms with E-state index in [0.717, 1.165) is 31.0 Å². The van der Waals surface area contributed by atoms with Crippen LogP contribution in [0.4, 0.5) is 0 Å². The third-order valence-electron chi connectivity index (χ3n) is 3.01. The lowest BCUT2D eigenvalue weighted by atomic mass is 10.2. The monoisotopic (exact) mass is 270 g/mol. The van der Waals surface area contributed by atoms with Crippen molar-refractivity contribution in [2.75, 3.05) is 33.4 Å². The first-order valence-corrected chi connectivity index (χ1v) is 6.48. The summed E-state index contributed by atoms with van der Waals surface area (Å²) in [6.07, 6.45) is 0.116. The number of hydrogen-bond donors (Lipinski definition) is 1. The summed E-state index contributed by atoms with van der Waals surface area (Å²) >= 11 is 5.92. The van der Waals surface area contributed by atoms with Crippen LogP contribution in [0.2, 0.25) is 5.02 Å². The standard InChI is InChI=1S/C13H19ClN2O2/c1-16-4-5-17-12(8-16)9-18-13-3-2-11(14)6-10(13)7-15/h2-3,6,12H,4-5,7-9,15H2,1H3. The fourth-order valence-electron chi connectivity index (χ4n) is 2.00. The van der Waals surface area contributed by atoms with E-state index >= 15 is 0 Å². The highest BCUT2D eigenvalue weighted by atomic mass is 35.5. The number of nitrogens with two attached hydrogens (primary N) is 1. The fourth-order valence-corrected chi connectivity index (χ4v) is 2.19. The summed E-state index contributed by atoms with van der Waals surface area (Å²) in [4.78, 5) is 2.24. The number of rotatable bonds is 4. The molecule has 0 aromatic heterocycles. The Morgan fingerprint density at radius 3 is 3.11 bits per heavy atom. The van der Waals surface area contributed by atoms with Gasteiger partial charge in [0.15, 0.2) is 0 Å². The Balaban J connectivity index is 1.93. The minimum Gasteiger partial charge on any atom is -0.490 e. The number of benzene rings is 1. The normalized spacial score (nSPS) is 20.9. The summed E-state index contributed by atoms with van der Waals surface area (Å²) in [7, 11) is 2.09. The van der Waals surface area contributed by atoms with Gasteiger partial charge in [-0.15, -0.1) is 0 Å². The van der Waals surface area contributed by atoms with Crippen molar-refractivity contribution in [1.82, 2.24) is 4.90 Å². The Morgan fingerprint density at radius 2 is 2.39 bits per heavy atom. The molecule has 0 spiro atoms. The molecule has 1 atom stereocenters. The van der Waals surface area contributed by atoms with E-state index in [2.05, 4.69) is 11.9 Å². The van der Waals surface area contributed by atoms with Crippen molar-refractivity contribution in [3.05, 3.63) is 28.8 Å². The van der Waals surface area contributed by atoms with Crippen LogP contribution < -0.4 is 10.5 Å². The number of likely N-dealkylation sites (N-methyl/N-ethyl adjacent to an activating group) is 1. The third kappa shape index (κ3) is 3.59. The van der Waals surface area contributed by atoms with Crippen LogP contribution in [0.5, 0.6) is 5.75 Å². The van der Waals surface area contributed by atoms with Crippen molar-refractivity contribution in [3.8, 4) is 5.75 Å². The van der Waals surface area contributed by atoms with Gasteiger partial charge in [0, 0.05) is 30.2 Å². The second-order valence-electron chi connectivity index (χ2n) is 4.52. The van der Waals surface area contributed by atoms with Gasteiger partial charge in [-0.1, -0.05) is 11.6 Å². The summed E-state index contributed by atoms with van der Waals surface area (Å²) in [5.74, 6) is 0.790. The number of nitrogens with zero attached hydrogens (tertiary/aromatic N) is 1. The van der Waals surface area contributed by atoms with Crippen LogP contribution in [-0.2, 0) is 11.3 Å². The second kappa shape index (κ2) is 6.38.